The van der Waals surface area contributed by atoms with Crippen molar-refractivity contribution in [2.24, 2.45) is 0 Å². The van der Waals surface area contributed by atoms with Crippen LogP contribution in [0.2, 0.25) is 0 Å². The number of aryl methyl sites for hydroxylation is 3. The molecule has 9 heteroatoms. The quantitative estimate of drug-likeness (QED) is 0.873. The molecule has 26 heavy (non-hydrogen) atoms. The van der Waals surface area contributed by atoms with Crippen molar-refractivity contribution in [1.29, 1.82) is 0 Å². The van der Waals surface area contributed by atoms with Crippen LogP contribution in [0.25, 0.3) is 0 Å². The zero-order chi connectivity index (χ0) is 18.5. The number of nitrogens with zero attached hydrogens (tertiary/aromatic N) is 4. The number of piperidine rings is 1. The van der Waals surface area contributed by atoms with E-state index in [2.05, 4.69) is 20.4 Å². The highest BCUT2D eigenvalue weighted by Crippen LogP contribution is 2.41. The lowest BCUT2D eigenvalue weighted by molar-refractivity contribution is 0.0908. The lowest BCUT2D eigenvalue weighted by atomic mass is 10.0. The monoisotopic (exact) mass is 377 g/mol. The van der Waals surface area contributed by atoms with Gasteiger partial charge >= 0.3 is 0 Å². The smallest absolute Gasteiger partial charge is 0.247 e. The zero-order valence-corrected chi connectivity index (χ0v) is 16.0. The Bertz CT molecular complexity index is 875. The standard InChI is InChI=1S/C17H23N5O3S/c1-10-4-7-16(21-18-10)25-15-8-13-5-6-14(9-15)22(13)26(23,24)17-11(2)19-20-12(17)3/h4,7,13-15H,5-6,8-9H2,1-3H3,(H,19,20)/t13-,14+,15+. The van der Waals surface area contributed by atoms with Crippen molar-refractivity contribution in [3.8, 4) is 5.88 Å². The summed E-state index contributed by atoms with van der Waals surface area (Å²) in [4.78, 5) is 0.318. The van der Waals surface area contributed by atoms with E-state index in [1.165, 1.54) is 0 Å². The molecular formula is C17H23N5O3S. The largest absolute Gasteiger partial charge is 0.473 e. The Morgan fingerprint density at radius 1 is 1.12 bits per heavy atom. The summed E-state index contributed by atoms with van der Waals surface area (Å²) in [6.07, 6.45) is 3.02. The van der Waals surface area contributed by atoms with Gasteiger partial charge in [-0.3, -0.25) is 5.10 Å². The third-order valence-corrected chi connectivity index (χ3v) is 7.55. The number of ether oxygens (including phenoxy) is 1. The van der Waals surface area contributed by atoms with Crippen LogP contribution in [0.15, 0.2) is 17.0 Å². The van der Waals surface area contributed by atoms with Crippen molar-refractivity contribution in [3.63, 3.8) is 0 Å². The van der Waals surface area contributed by atoms with Gasteiger partial charge in [-0.2, -0.15) is 14.5 Å². The van der Waals surface area contributed by atoms with Crippen LogP contribution in [0.5, 0.6) is 5.88 Å². The number of hydrogen-bond donors (Lipinski definition) is 1. The molecule has 0 spiro atoms. The Hall–Kier alpha value is -2.00. The fourth-order valence-corrected chi connectivity index (χ4v) is 6.45. The minimum atomic E-state index is -3.56. The molecule has 0 aromatic carbocycles. The predicted octanol–water partition coefficient (Wildman–Crippen LogP) is 1.89. The Kier molecular flexibility index (Phi) is 4.23. The van der Waals surface area contributed by atoms with Crippen molar-refractivity contribution >= 4 is 10.0 Å². The van der Waals surface area contributed by atoms with Crippen LogP contribution in [-0.4, -0.2) is 51.3 Å². The molecule has 2 aromatic rings. The van der Waals surface area contributed by atoms with E-state index in [1.807, 2.05) is 19.1 Å². The summed E-state index contributed by atoms with van der Waals surface area (Å²) in [5, 5.41) is 14.9. The summed E-state index contributed by atoms with van der Waals surface area (Å²) in [5.74, 6) is 0.498. The molecule has 2 aromatic heterocycles. The van der Waals surface area contributed by atoms with Crippen molar-refractivity contribution in [3.05, 3.63) is 29.2 Å². The molecule has 1 N–H and O–H groups in total. The molecule has 3 atom stereocenters. The highest BCUT2D eigenvalue weighted by Gasteiger charge is 2.49. The maximum absolute atomic E-state index is 13.3. The van der Waals surface area contributed by atoms with E-state index in [1.54, 1.807) is 18.2 Å². The third kappa shape index (κ3) is 2.88. The molecular weight excluding hydrogens is 354 g/mol. The topological polar surface area (TPSA) is 101 Å². The van der Waals surface area contributed by atoms with Gasteiger partial charge in [0.2, 0.25) is 15.9 Å². The number of rotatable bonds is 4. The normalized spacial score (nSPS) is 26.2. The molecule has 0 unspecified atom stereocenters. The van der Waals surface area contributed by atoms with Gasteiger partial charge in [0.05, 0.1) is 17.1 Å². The van der Waals surface area contributed by atoms with Gasteiger partial charge in [0.1, 0.15) is 11.0 Å². The van der Waals surface area contributed by atoms with E-state index in [0.29, 0.717) is 35.0 Å². The molecule has 2 saturated heterocycles. The number of sulfonamides is 1. The van der Waals surface area contributed by atoms with Gasteiger partial charge in [-0.1, -0.05) is 0 Å². The summed E-state index contributed by atoms with van der Waals surface area (Å²) in [6, 6.07) is 3.58. The fraction of sp³-hybridized carbons (Fsp3) is 0.588. The van der Waals surface area contributed by atoms with E-state index in [-0.39, 0.29) is 18.2 Å². The Labute approximate surface area is 153 Å². The molecule has 140 valence electrons. The number of hydrogen-bond acceptors (Lipinski definition) is 6. The van der Waals surface area contributed by atoms with E-state index in [9.17, 15) is 8.42 Å². The summed E-state index contributed by atoms with van der Waals surface area (Å²) in [5.41, 5.74) is 1.95. The molecule has 2 fully saturated rings. The third-order valence-electron chi connectivity index (χ3n) is 5.28. The maximum Gasteiger partial charge on any atom is 0.247 e. The Morgan fingerprint density at radius 3 is 2.35 bits per heavy atom. The number of nitrogens with one attached hydrogen (secondary N) is 1. The highest BCUT2D eigenvalue weighted by atomic mass is 32.2. The van der Waals surface area contributed by atoms with E-state index in [0.717, 1.165) is 18.5 Å². The SMILES string of the molecule is Cc1ccc(O[C@H]2C[C@H]3CC[C@@H](C2)N3S(=O)(=O)c2c(C)n[nH]c2C)nn1. The fourth-order valence-electron chi connectivity index (χ4n) is 4.22. The second-order valence-corrected chi connectivity index (χ2v) is 8.99. The lowest BCUT2D eigenvalue weighted by Crippen LogP contribution is -2.49. The van der Waals surface area contributed by atoms with Crippen LogP contribution >= 0.6 is 0 Å². The molecule has 8 nitrogen and oxygen atoms in total. The first-order chi connectivity index (χ1) is 12.4. The molecule has 4 rings (SSSR count). The van der Waals surface area contributed by atoms with Gasteiger partial charge < -0.3 is 4.74 Å². The molecule has 0 radical (unpaired) electrons. The Balaban J connectivity index is 1.55. The summed E-state index contributed by atoms with van der Waals surface area (Å²) < 4.78 is 34.2. The number of fused-ring (bicyclic) bond motifs is 2. The van der Waals surface area contributed by atoms with Gasteiger partial charge in [0.25, 0.3) is 0 Å². The Morgan fingerprint density at radius 2 is 1.81 bits per heavy atom. The second-order valence-electron chi connectivity index (χ2n) is 7.21. The van der Waals surface area contributed by atoms with Gasteiger partial charge in [0, 0.05) is 31.0 Å². The van der Waals surface area contributed by atoms with Crippen molar-refractivity contribution in [1.82, 2.24) is 24.7 Å². The van der Waals surface area contributed by atoms with Crippen molar-refractivity contribution in [2.75, 3.05) is 0 Å². The summed E-state index contributed by atoms with van der Waals surface area (Å²) >= 11 is 0. The molecule has 2 bridgehead atoms. The average Bonchev–Trinajstić information content (AvgIpc) is 3.07. The van der Waals surface area contributed by atoms with Gasteiger partial charge in [-0.05, 0) is 39.7 Å². The molecule has 2 aliphatic heterocycles. The maximum atomic E-state index is 13.3. The van der Waals surface area contributed by atoms with Gasteiger partial charge in [-0.15, -0.1) is 5.10 Å². The van der Waals surface area contributed by atoms with Gasteiger partial charge in [0.15, 0.2) is 0 Å². The van der Waals surface area contributed by atoms with E-state index < -0.39 is 10.0 Å². The van der Waals surface area contributed by atoms with E-state index in [4.69, 9.17) is 4.74 Å². The molecule has 0 saturated carbocycles. The molecule has 4 heterocycles. The zero-order valence-electron chi connectivity index (χ0n) is 15.1. The minimum Gasteiger partial charge on any atom is -0.473 e. The average molecular weight is 377 g/mol. The first kappa shape index (κ1) is 17.4. The van der Waals surface area contributed by atoms with Crippen molar-refractivity contribution in [2.45, 2.75) is 69.5 Å². The van der Waals surface area contributed by atoms with Crippen LogP contribution in [0, 0.1) is 20.8 Å². The predicted molar refractivity (Wildman–Crippen MR) is 94.3 cm³/mol. The first-order valence-electron chi connectivity index (χ1n) is 8.88. The van der Waals surface area contributed by atoms with Crippen LogP contribution < -0.4 is 4.74 Å². The van der Waals surface area contributed by atoms with Crippen LogP contribution in [0.3, 0.4) is 0 Å². The van der Waals surface area contributed by atoms with Crippen LogP contribution in [-0.2, 0) is 10.0 Å². The van der Waals surface area contributed by atoms with E-state index >= 15 is 0 Å². The van der Waals surface area contributed by atoms with Crippen molar-refractivity contribution < 1.29 is 13.2 Å². The first-order valence-corrected chi connectivity index (χ1v) is 10.3. The minimum absolute atomic E-state index is 0.0394. The second kappa shape index (κ2) is 6.31. The molecule has 0 amide bonds. The number of H-pyrrole nitrogens is 1. The summed E-state index contributed by atoms with van der Waals surface area (Å²) in [6.45, 7) is 5.35. The lowest BCUT2D eigenvalue weighted by Gasteiger charge is -2.37. The number of aromatic amines is 1. The molecule has 2 aliphatic rings. The highest BCUT2D eigenvalue weighted by molar-refractivity contribution is 7.89. The summed E-state index contributed by atoms with van der Waals surface area (Å²) in [7, 11) is -3.56. The molecule has 0 aliphatic carbocycles. The van der Waals surface area contributed by atoms with Crippen LogP contribution in [0.1, 0.15) is 42.8 Å². The van der Waals surface area contributed by atoms with Gasteiger partial charge in [-0.25, -0.2) is 8.42 Å². The van der Waals surface area contributed by atoms with Crippen LogP contribution in [0.4, 0.5) is 0 Å². The number of aromatic nitrogens is 4.